The molecule has 4 rings (SSSR count). The lowest BCUT2D eigenvalue weighted by Gasteiger charge is -2.39. The average molecular weight is 437 g/mol. The smallest absolute Gasteiger partial charge is 0.254 e. The summed E-state index contributed by atoms with van der Waals surface area (Å²) in [6.45, 7) is 3.46. The summed E-state index contributed by atoms with van der Waals surface area (Å²) in [4.78, 5) is 15.3. The number of hydrogen-bond acceptors (Lipinski definition) is 4. The standard InChI is InChI=1S/C25H29FN4O2/c1-17-23(16-28-30(17)21-10-8-20(26)9-11-21)25(31)27-15-19-5-4-14-29(2)24(19)18-6-12-22(32-3)13-7-18/h6-13,16,19,24H,4-5,14-15H2,1-3H3,(H,27,31). The van der Waals surface area contributed by atoms with Crippen molar-refractivity contribution in [3.05, 3.63) is 77.4 Å². The molecule has 1 amide bonds. The number of amides is 1. The third-order valence-corrected chi connectivity index (χ3v) is 6.31. The van der Waals surface area contributed by atoms with E-state index >= 15 is 0 Å². The molecule has 6 nitrogen and oxygen atoms in total. The van der Waals surface area contributed by atoms with Gasteiger partial charge in [0, 0.05) is 12.6 Å². The summed E-state index contributed by atoms with van der Waals surface area (Å²) < 4.78 is 20.2. The van der Waals surface area contributed by atoms with E-state index in [9.17, 15) is 9.18 Å². The third kappa shape index (κ3) is 4.53. The lowest BCUT2D eigenvalue weighted by molar-refractivity contribution is 0.0890. The average Bonchev–Trinajstić information content (AvgIpc) is 3.19. The van der Waals surface area contributed by atoms with E-state index in [4.69, 9.17) is 4.74 Å². The highest BCUT2D eigenvalue weighted by molar-refractivity contribution is 5.95. The van der Waals surface area contributed by atoms with Gasteiger partial charge in [-0.05, 0) is 81.2 Å². The quantitative estimate of drug-likeness (QED) is 0.631. The molecular formula is C25H29FN4O2. The van der Waals surface area contributed by atoms with Crippen LogP contribution < -0.4 is 10.1 Å². The molecule has 0 spiro atoms. The van der Waals surface area contributed by atoms with Crippen molar-refractivity contribution in [1.82, 2.24) is 20.0 Å². The van der Waals surface area contributed by atoms with Crippen LogP contribution in [-0.2, 0) is 0 Å². The molecule has 1 fully saturated rings. The van der Waals surface area contributed by atoms with Crippen molar-refractivity contribution in [1.29, 1.82) is 0 Å². The molecule has 0 radical (unpaired) electrons. The van der Waals surface area contributed by atoms with Crippen LogP contribution in [0.15, 0.2) is 54.7 Å². The molecule has 0 aliphatic carbocycles. The van der Waals surface area contributed by atoms with Crippen molar-refractivity contribution >= 4 is 5.91 Å². The van der Waals surface area contributed by atoms with E-state index in [2.05, 4.69) is 34.5 Å². The van der Waals surface area contributed by atoms with E-state index in [0.717, 1.165) is 36.5 Å². The molecule has 32 heavy (non-hydrogen) atoms. The molecule has 3 aromatic rings. The van der Waals surface area contributed by atoms with Gasteiger partial charge in [-0.1, -0.05) is 12.1 Å². The first-order valence-corrected chi connectivity index (χ1v) is 10.9. The van der Waals surface area contributed by atoms with Gasteiger partial charge in [-0.25, -0.2) is 9.07 Å². The summed E-state index contributed by atoms with van der Waals surface area (Å²) in [7, 11) is 3.81. The van der Waals surface area contributed by atoms with Crippen LogP contribution >= 0.6 is 0 Å². The molecule has 2 aromatic carbocycles. The molecule has 7 heteroatoms. The maximum Gasteiger partial charge on any atom is 0.254 e. The van der Waals surface area contributed by atoms with E-state index in [1.54, 1.807) is 30.1 Å². The van der Waals surface area contributed by atoms with Crippen molar-refractivity contribution in [2.75, 3.05) is 27.2 Å². The van der Waals surface area contributed by atoms with Gasteiger partial charge in [-0.3, -0.25) is 9.69 Å². The first-order chi connectivity index (χ1) is 15.5. The fourth-order valence-corrected chi connectivity index (χ4v) is 4.60. The Balaban J connectivity index is 1.47. The Labute approximate surface area is 188 Å². The Hall–Kier alpha value is -3.19. The summed E-state index contributed by atoms with van der Waals surface area (Å²) in [6.07, 6.45) is 3.72. The van der Waals surface area contributed by atoms with Crippen LogP contribution in [0.2, 0.25) is 0 Å². The molecule has 2 unspecified atom stereocenters. The van der Waals surface area contributed by atoms with E-state index < -0.39 is 0 Å². The van der Waals surface area contributed by atoms with Crippen molar-refractivity contribution in [2.24, 2.45) is 5.92 Å². The van der Waals surface area contributed by atoms with Crippen molar-refractivity contribution in [2.45, 2.75) is 25.8 Å². The highest BCUT2D eigenvalue weighted by atomic mass is 19.1. The van der Waals surface area contributed by atoms with Crippen molar-refractivity contribution in [3.8, 4) is 11.4 Å². The first kappa shape index (κ1) is 22.0. The van der Waals surface area contributed by atoms with Crippen LogP contribution in [0.3, 0.4) is 0 Å². The summed E-state index contributed by atoms with van der Waals surface area (Å²) in [5.41, 5.74) is 3.20. The third-order valence-electron chi connectivity index (χ3n) is 6.31. The number of nitrogens with one attached hydrogen (secondary N) is 1. The van der Waals surface area contributed by atoms with E-state index in [1.165, 1.54) is 17.7 Å². The predicted octanol–water partition coefficient (Wildman–Crippen LogP) is 4.14. The maximum absolute atomic E-state index is 13.2. The molecule has 2 atom stereocenters. The Bertz CT molecular complexity index is 1060. The molecular weight excluding hydrogens is 407 g/mol. The van der Waals surface area contributed by atoms with Gasteiger partial charge < -0.3 is 10.1 Å². The highest BCUT2D eigenvalue weighted by Crippen LogP contribution is 2.35. The fourth-order valence-electron chi connectivity index (χ4n) is 4.60. The van der Waals surface area contributed by atoms with Crippen LogP contribution in [0.5, 0.6) is 5.75 Å². The fraction of sp³-hybridized carbons (Fsp3) is 0.360. The number of halogens is 1. The Morgan fingerprint density at radius 1 is 1.19 bits per heavy atom. The monoisotopic (exact) mass is 436 g/mol. The molecule has 1 aliphatic rings. The van der Waals surface area contributed by atoms with E-state index in [-0.39, 0.29) is 17.8 Å². The number of carbonyl (C=O) groups is 1. The van der Waals surface area contributed by atoms with Gasteiger partial charge in [0.1, 0.15) is 11.6 Å². The normalized spacial score (nSPS) is 19.0. The minimum atomic E-state index is -0.305. The minimum Gasteiger partial charge on any atom is -0.497 e. The topological polar surface area (TPSA) is 59.4 Å². The molecule has 2 heterocycles. The van der Waals surface area contributed by atoms with Gasteiger partial charge in [0.05, 0.1) is 30.3 Å². The molecule has 0 saturated carbocycles. The lowest BCUT2D eigenvalue weighted by Crippen LogP contribution is -2.41. The minimum absolute atomic E-state index is 0.141. The number of piperidine rings is 1. The van der Waals surface area contributed by atoms with Gasteiger partial charge in [0.15, 0.2) is 0 Å². The second-order valence-corrected chi connectivity index (χ2v) is 8.34. The first-order valence-electron chi connectivity index (χ1n) is 10.9. The van der Waals surface area contributed by atoms with Crippen molar-refractivity contribution < 1.29 is 13.9 Å². The number of methoxy groups -OCH3 is 1. The summed E-state index contributed by atoms with van der Waals surface area (Å²) in [6, 6.07) is 14.5. The summed E-state index contributed by atoms with van der Waals surface area (Å²) >= 11 is 0. The second-order valence-electron chi connectivity index (χ2n) is 8.34. The van der Waals surface area contributed by atoms with Crippen molar-refractivity contribution in [3.63, 3.8) is 0 Å². The molecule has 1 aromatic heterocycles. The van der Waals surface area contributed by atoms with E-state index in [1.807, 2.05) is 19.1 Å². The predicted molar refractivity (Wildman–Crippen MR) is 122 cm³/mol. The second kappa shape index (κ2) is 9.53. The van der Waals surface area contributed by atoms with Crippen LogP contribution in [0.1, 0.15) is 40.5 Å². The molecule has 0 bridgehead atoms. The molecule has 168 valence electrons. The van der Waals surface area contributed by atoms with Gasteiger partial charge in [0.25, 0.3) is 5.91 Å². The number of likely N-dealkylation sites (tertiary alicyclic amines) is 1. The lowest BCUT2D eigenvalue weighted by atomic mass is 9.85. The Morgan fingerprint density at radius 2 is 1.91 bits per heavy atom. The zero-order valence-corrected chi connectivity index (χ0v) is 18.7. The largest absolute Gasteiger partial charge is 0.497 e. The zero-order chi connectivity index (χ0) is 22.7. The highest BCUT2D eigenvalue weighted by Gasteiger charge is 2.31. The van der Waals surface area contributed by atoms with Gasteiger partial charge in [-0.15, -0.1) is 0 Å². The SMILES string of the molecule is COc1ccc(C2C(CNC(=O)c3cnn(-c4ccc(F)cc4)c3C)CCCN2C)cc1. The molecule has 1 saturated heterocycles. The van der Waals surface area contributed by atoms with E-state index in [0.29, 0.717) is 18.0 Å². The summed E-state index contributed by atoms with van der Waals surface area (Å²) in [5, 5.41) is 7.46. The van der Waals surface area contributed by atoms with Crippen LogP contribution in [0, 0.1) is 18.7 Å². The number of ether oxygens (including phenoxy) is 1. The van der Waals surface area contributed by atoms with Crippen LogP contribution in [0.25, 0.3) is 5.69 Å². The zero-order valence-electron chi connectivity index (χ0n) is 18.7. The van der Waals surface area contributed by atoms with Gasteiger partial charge >= 0.3 is 0 Å². The number of rotatable bonds is 6. The van der Waals surface area contributed by atoms with Crippen LogP contribution in [0.4, 0.5) is 4.39 Å². The number of aromatic nitrogens is 2. The molecule has 1 N–H and O–H groups in total. The molecule has 1 aliphatic heterocycles. The Morgan fingerprint density at radius 3 is 2.59 bits per heavy atom. The number of benzene rings is 2. The number of nitrogens with zero attached hydrogens (tertiary/aromatic N) is 3. The summed E-state index contributed by atoms with van der Waals surface area (Å²) in [5.74, 6) is 0.696. The number of carbonyl (C=O) groups excluding carboxylic acids is 1. The Kier molecular flexibility index (Phi) is 6.55. The maximum atomic E-state index is 13.2. The number of hydrogen-bond donors (Lipinski definition) is 1. The van der Waals surface area contributed by atoms with Crippen LogP contribution in [-0.4, -0.2) is 47.8 Å². The van der Waals surface area contributed by atoms with Gasteiger partial charge in [-0.2, -0.15) is 5.10 Å². The van der Waals surface area contributed by atoms with Gasteiger partial charge in [0.2, 0.25) is 0 Å².